The van der Waals surface area contributed by atoms with Crippen molar-refractivity contribution in [3.63, 3.8) is 0 Å². The van der Waals surface area contributed by atoms with Crippen LogP contribution in [-0.4, -0.2) is 12.0 Å². The molecular formula is C16H18N2O2. The third-order valence-electron chi connectivity index (χ3n) is 3.54. The minimum atomic E-state index is -0.306. The molecule has 4 heteroatoms. The first-order valence-electron chi connectivity index (χ1n) is 6.58. The smallest absolute Gasteiger partial charge is 0.272 e. The van der Waals surface area contributed by atoms with Crippen LogP contribution in [0.15, 0.2) is 48.5 Å². The predicted molar refractivity (Wildman–Crippen MR) is 79.8 cm³/mol. The fourth-order valence-electron chi connectivity index (χ4n) is 2.40. The molecule has 0 fully saturated rings. The lowest BCUT2D eigenvalue weighted by atomic mass is 9.95. The molecule has 0 heterocycles. The molecule has 2 rings (SSSR count). The van der Waals surface area contributed by atoms with Crippen molar-refractivity contribution in [2.24, 2.45) is 0 Å². The van der Waals surface area contributed by atoms with Gasteiger partial charge in [-0.2, -0.15) is 0 Å². The van der Waals surface area contributed by atoms with E-state index in [0.29, 0.717) is 6.42 Å². The largest absolute Gasteiger partial charge is 0.313 e. The molecule has 0 saturated carbocycles. The summed E-state index contributed by atoms with van der Waals surface area (Å²) >= 11 is 0. The summed E-state index contributed by atoms with van der Waals surface area (Å²) in [7, 11) is 1.88. The van der Waals surface area contributed by atoms with Crippen LogP contribution in [0.3, 0.4) is 0 Å². The molecule has 104 valence electrons. The van der Waals surface area contributed by atoms with E-state index in [1.807, 2.05) is 50.4 Å². The first-order valence-corrected chi connectivity index (χ1v) is 6.58. The number of nitro groups is 1. The van der Waals surface area contributed by atoms with Crippen molar-refractivity contribution in [2.45, 2.75) is 19.4 Å². The Morgan fingerprint density at radius 1 is 1.15 bits per heavy atom. The summed E-state index contributed by atoms with van der Waals surface area (Å²) in [6.45, 7) is 1.92. The highest BCUT2D eigenvalue weighted by atomic mass is 16.6. The molecule has 0 bridgehead atoms. The van der Waals surface area contributed by atoms with Crippen LogP contribution in [-0.2, 0) is 6.42 Å². The van der Waals surface area contributed by atoms with Crippen molar-refractivity contribution < 1.29 is 4.92 Å². The van der Waals surface area contributed by atoms with Gasteiger partial charge in [-0.3, -0.25) is 10.1 Å². The zero-order valence-corrected chi connectivity index (χ0v) is 11.7. The van der Waals surface area contributed by atoms with Crippen molar-refractivity contribution >= 4 is 5.69 Å². The fraction of sp³-hybridized carbons (Fsp3) is 0.250. The Hall–Kier alpha value is -2.20. The minimum absolute atomic E-state index is 0.0657. The Balaban J connectivity index is 2.35. The van der Waals surface area contributed by atoms with Gasteiger partial charge in [0.15, 0.2) is 0 Å². The Bertz CT molecular complexity index is 597. The van der Waals surface area contributed by atoms with E-state index in [1.54, 1.807) is 12.1 Å². The number of benzene rings is 2. The molecule has 1 atom stereocenters. The monoisotopic (exact) mass is 270 g/mol. The van der Waals surface area contributed by atoms with Crippen molar-refractivity contribution in [1.82, 2.24) is 5.32 Å². The SMILES string of the molecule is CNC(Cc1c(C)cccc1[N+](=O)[O-])c1ccccc1. The van der Waals surface area contributed by atoms with Gasteiger partial charge in [-0.15, -0.1) is 0 Å². The molecule has 1 unspecified atom stereocenters. The second-order valence-electron chi connectivity index (χ2n) is 4.79. The number of hydrogen-bond donors (Lipinski definition) is 1. The average Bonchev–Trinajstić information content (AvgIpc) is 2.46. The molecule has 0 aliphatic carbocycles. The second-order valence-corrected chi connectivity index (χ2v) is 4.79. The van der Waals surface area contributed by atoms with Crippen molar-refractivity contribution in [3.8, 4) is 0 Å². The van der Waals surface area contributed by atoms with E-state index in [0.717, 1.165) is 16.7 Å². The fourth-order valence-corrected chi connectivity index (χ4v) is 2.40. The van der Waals surface area contributed by atoms with Crippen LogP contribution in [0.5, 0.6) is 0 Å². The lowest BCUT2D eigenvalue weighted by Crippen LogP contribution is -2.19. The van der Waals surface area contributed by atoms with Crippen LogP contribution >= 0.6 is 0 Å². The summed E-state index contributed by atoms with van der Waals surface area (Å²) in [5.41, 5.74) is 3.07. The molecule has 0 aliphatic rings. The highest BCUT2D eigenvalue weighted by Crippen LogP contribution is 2.27. The highest BCUT2D eigenvalue weighted by Gasteiger charge is 2.19. The third kappa shape index (κ3) is 3.03. The molecular weight excluding hydrogens is 252 g/mol. The van der Waals surface area contributed by atoms with Gasteiger partial charge in [-0.25, -0.2) is 0 Å². The molecule has 2 aromatic carbocycles. The standard InChI is InChI=1S/C16H18N2O2/c1-12-7-6-10-16(18(19)20)14(12)11-15(17-2)13-8-4-3-5-9-13/h3-10,15,17H,11H2,1-2H3. The average molecular weight is 270 g/mol. The van der Waals surface area contributed by atoms with Crippen LogP contribution in [0.4, 0.5) is 5.69 Å². The molecule has 0 saturated heterocycles. The van der Waals surface area contributed by atoms with Crippen LogP contribution in [0, 0.1) is 17.0 Å². The van der Waals surface area contributed by atoms with E-state index in [-0.39, 0.29) is 16.7 Å². The van der Waals surface area contributed by atoms with Gasteiger partial charge < -0.3 is 5.32 Å². The van der Waals surface area contributed by atoms with Crippen molar-refractivity contribution in [1.29, 1.82) is 0 Å². The van der Waals surface area contributed by atoms with Gasteiger partial charge in [0.1, 0.15) is 0 Å². The summed E-state index contributed by atoms with van der Waals surface area (Å²) < 4.78 is 0. The first-order chi connectivity index (χ1) is 9.63. The molecule has 1 N–H and O–H groups in total. The lowest BCUT2D eigenvalue weighted by Gasteiger charge is -2.18. The maximum atomic E-state index is 11.2. The number of nitrogens with zero attached hydrogens (tertiary/aromatic N) is 1. The summed E-state index contributed by atoms with van der Waals surface area (Å²) in [6.07, 6.45) is 0.601. The molecule has 20 heavy (non-hydrogen) atoms. The van der Waals surface area contributed by atoms with E-state index in [1.165, 1.54) is 0 Å². The van der Waals surface area contributed by atoms with Crippen molar-refractivity contribution in [3.05, 3.63) is 75.3 Å². The van der Waals surface area contributed by atoms with Gasteiger partial charge in [0.25, 0.3) is 5.69 Å². The van der Waals surface area contributed by atoms with Gasteiger partial charge in [0.05, 0.1) is 4.92 Å². The molecule has 0 amide bonds. The minimum Gasteiger partial charge on any atom is -0.313 e. The lowest BCUT2D eigenvalue weighted by molar-refractivity contribution is -0.385. The van der Waals surface area contributed by atoms with Gasteiger partial charge in [-0.05, 0) is 31.5 Å². The summed E-state index contributed by atoms with van der Waals surface area (Å²) in [4.78, 5) is 10.9. The van der Waals surface area contributed by atoms with Gasteiger partial charge >= 0.3 is 0 Å². The normalized spacial score (nSPS) is 12.1. The van der Waals surface area contributed by atoms with E-state index in [9.17, 15) is 10.1 Å². The topological polar surface area (TPSA) is 55.2 Å². The Kier molecular flexibility index (Phi) is 4.48. The number of likely N-dealkylation sites (N-methyl/N-ethyl adjacent to an activating group) is 1. The van der Waals surface area contributed by atoms with Gasteiger partial charge in [0.2, 0.25) is 0 Å². The van der Waals surface area contributed by atoms with Gasteiger partial charge in [-0.1, -0.05) is 42.5 Å². The zero-order chi connectivity index (χ0) is 14.5. The Morgan fingerprint density at radius 2 is 1.85 bits per heavy atom. The summed E-state index contributed by atoms with van der Waals surface area (Å²) in [5, 5.41) is 14.4. The molecule has 0 aromatic heterocycles. The highest BCUT2D eigenvalue weighted by molar-refractivity contribution is 5.46. The molecule has 2 aromatic rings. The first kappa shape index (κ1) is 14.2. The molecule has 0 aliphatic heterocycles. The quantitative estimate of drug-likeness (QED) is 0.669. The second kappa shape index (κ2) is 6.30. The molecule has 0 spiro atoms. The number of nitrogens with one attached hydrogen (secondary N) is 1. The third-order valence-corrected chi connectivity index (χ3v) is 3.54. The number of hydrogen-bond acceptors (Lipinski definition) is 3. The Morgan fingerprint density at radius 3 is 2.45 bits per heavy atom. The summed E-state index contributed by atoms with van der Waals surface area (Å²) in [6, 6.07) is 15.3. The van der Waals surface area contributed by atoms with Crippen LogP contribution in [0.25, 0.3) is 0 Å². The maximum Gasteiger partial charge on any atom is 0.272 e. The predicted octanol–water partition coefficient (Wildman–Crippen LogP) is 3.41. The number of nitro benzene ring substituents is 1. The molecule has 0 radical (unpaired) electrons. The van der Waals surface area contributed by atoms with Gasteiger partial charge in [0, 0.05) is 17.7 Å². The van der Waals surface area contributed by atoms with E-state index in [4.69, 9.17) is 0 Å². The number of rotatable bonds is 5. The van der Waals surface area contributed by atoms with Crippen LogP contribution in [0.2, 0.25) is 0 Å². The van der Waals surface area contributed by atoms with E-state index in [2.05, 4.69) is 5.32 Å². The molecule has 4 nitrogen and oxygen atoms in total. The van der Waals surface area contributed by atoms with E-state index >= 15 is 0 Å². The van der Waals surface area contributed by atoms with Crippen LogP contribution < -0.4 is 5.32 Å². The zero-order valence-electron chi connectivity index (χ0n) is 11.7. The van der Waals surface area contributed by atoms with Crippen molar-refractivity contribution in [2.75, 3.05) is 7.05 Å². The number of aryl methyl sites for hydroxylation is 1. The van der Waals surface area contributed by atoms with E-state index < -0.39 is 0 Å². The Labute approximate surface area is 118 Å². The maximum absolute atomic E-state index is 11.2. The summed E-state index contributed by atoms with van der Waals surface area (Å²) in [5.74, 6) is 0. The van der Waals surface area contributed by atoms with Crippen LogP contribution in [0.1, 0.15) is 22.7 Å².